The van der Waals surface area contributed by atoms with Crippen molar-refractivity contribution in [1.82, 2.24) is 19.9 Å². The van der Waals surface area contributed by atoms with Gasteiger partial charge in [-0.05, 0) is 6.07 Å². The Morgan fingerprint density at radius 2 is 1.94 bits per heavy atom. The molecule has 17 heavy (non-hydrogen) atoms. The van der Waals surface area contributed by atoms with Gasteiger partial charge in [-0.25, -0.2) is 15.0 Å². The minimum atomic E-state index is 0.694. The summed E-state index contributed by atoms with van der Waals surface area (Å²) in [4.78, 5) is 15.7. The predicted octanol–water partition coefficient (Wildman–Crippen LogP) is 2.33. The second-order valence-electron chi connectivity index (χ2n) is 3.51. The van der Waals surface area contributed by atoms with Crippen molar-refractivity contribution < 1.29 is 0 Å². The molecule has 1 N–H and O–H groups in total. The Hall–Kier alpha value is -2.49. The molecule has 0 spiro atoms. The minimum Gasteiger partial charge on any atom is -0.343 e. The van der Waals surface area contributed by atoms with E-state index in [9.17, 15) is 0 Å². The first-order valence-corrected chi connectivity index (χ1v) is 5.24. The molecule has 0 saturated heterocycles. The van der Waals surface area contributed by atoms with Gasteiger partial charge in [-0.15, -0.1) is 0 Å². The summed E-state index contributed by atoms with van der Waals surface area (Å²) in [5.74, 6) is 1.39. The van der Waals surface area contributed by atoms with E-state index < -0.39 is 0 Å². The number of hydrogen-bond acceptors (Lipinski definition) is 3. The largest absolute Gasteiger partial charge is 0.343 e. The van der Waals surface area contributed by atoms with E-state index in [1.54, 1.807) is 12.4 Å². The Labute approximate surface area is 98.4 Å². The van der Waals surface area contributed by atoms with Crippen molar-refractivity contribution in [1.29, 1.82) is 0 Å². The fourth-order valence-electron chi connectivity index (χ4n) is 1.58. The third-order valence-corrected chi connectivity index (χ3v) is 2.38. The quantitative estimate of drug-likeness (QED) is 0.722. The van der Waals surface area contributed by atoms with Gasteiger partial charge in [-0.3, -0.25) is 0 Å². The molecule has 0 atom stereocenters. The normalized spacial score (nSPS) is 10.4. The Balaban J connectivity index is 2.06. The Kier molecular flexibility index (Phi) is 2.38. The number of H-pyrrole nitrogens is 1. The first-order chi connectivity index (χ1) is 8.43. The van der Waals surface area contributed by atoms with E-state index in [4.69, 9.17) is 0 Å². The molecule has 0 unspecified atom stereocenters. The maximum absolute atomic E-state index is 4.46. The third kappa shape index (κ3) is 1.92. The number of benzene rings is 1. The van der Waals surface area contributed by atoms with Gasteiger partial charge in [0.05, 0.1) is 0 Å². The Bertz CT molecular complexity index is 602. The van der Waals surface area contributed by atoms with Gasteiger partial charge in [0, 0.05) is 18.0 Å². The van der Waals surface area contributed by atoms with Gasteiger partial charge in [0.25, 0.3) is 0 Å². The zero-order valence-corrected chi connectivity index (χ0v) is 8.96. The molecule has 0 bridgehead atoms. The summed E-state index contributed by atoms with van der Waals surface area (Å²) >= 11 is 0. The van der Waals surface area contributed by atoms with Crippen LogP contribution in [0.3, 0.4) is 0 Å². The van der Waals surface area contributed by atoms with Crippen molar-refractivity contribution in [2.45, 2.75) is 0 Å². The summed E-state index contributed by atoms with van der Waals surface area (Å²) in [6, 6.07) is 11.7. The zero-order chi connectivity index (χ0) is 11.5. The van der Waals surface area contributed by atoms with E-state index in [1.807, 2.05) is 36.4 Å². The first-order valence-electron chi connectivity index (χ1n) is 5.24. The second kappa shape index (κ2) is 4.17. The molecule has 3 aromatic rings. The topological polar surface area (TPSA) is 54.5 Å². The maximum atomic E-state index is 4.46. The lowest BCUT2D eigenvalue weighted by Gasteiger charge is -2.01. The van der Waals surface area contributed by atoms with Crippen molar-refractivity contribution in [3.05, 3.63) is 55.0 Å². The van der Waals surface area contributed by atoms with Crippen molar-refractivity contribution in [3.8, 4) is 22.9 Å². The van der Waals surface area contributed by atoms with Crippen LogP contribution in [-0.2, 0) is 0 Å². The van der Waals surface area contributed by atoms with Gasteiger partial charge < -0.3 is 4.98 Å². The van der Waals surface area contributed by atoms with E-state index in [-0.39, 0.29) is 0 Å². The molecule has 1 aromatic carbocycles. The van der Waals surface area contributed by atoms with Gasteiger partial charge in [-0.1, -0.05) is 30.3 Å². The lowest BCUT2D eigenvalue weighted by atomic mass is 10.2. The molecule has 2 aromatic heterocycles. The first kappa shape index (κ1) is 9.72. The number of imidazole rings is 1. The SMILES string of the molecule is [c]1c[nH]c(-c2ccnc(-c3ccccc3)n2)n1. The third-order valence-electron chi connectivity index (χ3n) is 2.38. The van der Waals surface area contributed by atoms with Crippen molar-refractivity contribution in [2.24, 2.45) is 0 Å². The molecule has 0 aliphatic carbocycles. The molecule has 3 rings (SSSR count). The van der Waals surface area contributed by atoms with Crippen LogP contribution in [0.2, 0.25) is 0 Å². The minimum absolute atomic E-state index is 0.694. The molecular weight excluding hydrogens is 212 g/mol. The van der Waals surface area contributed by atoms with Crippen molar-refractivity contribution >= 4 is 0 Å². The van der Waals surface area contributed by atoms with Crippen LogP contribution in [0, 0.1) is 6.20 Å². The van der Waals surface area contributed by atoms with Crippen LogP contribution in [0.25, 0.3) is 22.9 Å². The highest BCUT2D eigenvalue weighted by Gasteiger charge is 2.05. The molecule has 0 saturated carbocycles. The van der Waals surface area contributed by atoms with Crippen LogP contribution in [0.1, 0.15) is 0 Å². The average molecular weight is 221 g/mol. The molecule has 0 aliphatic rings. The molecule has 0 aliphatic heterocycles. The van der Waals surface area contributed by atoms with E-state index in [1.165, 1.54) is 0 Å². The average Bonchev–Trinajstić information content (AvgIpc) is 2.94. The summed E-state index contributed by atoms with van der Waals surface area (Å²) in [5, 5.41) is 0. The fourth-order valence-corrected chi connectivity index (χ4v) is 1.58. The molecule has 0 fully saturated rings. The number of aromatic nitrogens is 4. The van der Waals surface area contributed by atoms with Gasteiger partial charge in [0.15, 0.2) is 11.6 Å². The number of rotatable bonds is 2. The molecule has 1 radical (unpaired) electrons. The van der Waals surface area contributed by atoms with Crippen molar-refractivity contribution in [2.75, 3.05) is 0 Å². The van der Waals surface area contributed by atoms with Crippen LogP contribution in [-0.4, -0.2) is 19.9 Å². The number of aromatic amines is 1. The predicted molar refractivity (Wildman–Crippen MR) is 63.9 cm³/mol. The highest BCUT2D eigenvalue weighted by Crippen LogP contribution is 2.17. The summed E-state index contributed by atoms with van der Waals surface area (Å²) in [6.45, 7) is 0. The highest BCUT2D eigenvalue weighted by molar-refractivity contribution is 5.58. The van der Waals surface area contributed by atoms with Crippen LogP contribution < -0.4 is 0 Å². The van der Waals surface area contributed by atoms with Gasteiger partial charge in [0.1, 0.15) is 11.9 Å². The highest BCUT2D eigenvalue weighted by atomic mass is 15.0. The van der Waals surface area contributed by atoms with E-state index in [0.717, 1.165) is 11.3 Å². The standard InChI is InChI=1S/C13H9N4/c1-2-4-10(5-3-1)12-14-7-6-11(17-12)13-15-8-9-16-13/h1-8H,(H,15,16). The molecule has 2 heterocycles. The van der Waals surface area contributed by atoms with Crippen LogP contribution >= 0.6 is 0 Å². The number of nitrogens with one attached hydrogen (secondary N) is 1. The number of nitrogens with zero attached hydrogens (tertiary/aromatic N) is 3. The fraction of sp³-hybridized carbons (Fsp3) is 0. The van der Waals surface area contributed by atoms with E-state index in [0.29, 0.717) is 11.6 Å². The molecule has 81 valence electrons. The van der Waals surface area contributed by atoms with Gasteiger partial charge in [-0.2, -0.15) is 0 Å². The zero-order valence-electron chi connectivity index (χ0n) is 8.96. The molecule has 4 nitrogen and oxygen atoms in total. The van der Waals surface area contributed by atoms with Crippen LogP contribution in [0.15, 0.2) is 48.8 Å². The van der Waals surface area contributed by atoms with Gasteiger partial charge >= 0.3 is 0 Å². The maximum Gasteiger partial charge on any atom is 0.159 e. The Morgan fingerprint density at radius 1 is 1.06 bits per heavy atom. The summed E-state index contributed by atoms with van der Waals surface area (Å²) in [5.41, 5.74) is 1.75. The van der Waals surface area contributed by atoms with Gasteiger partial charge in [0.2, 0.25) is 0 Å². The lowest BCUT2D eigenvalue weighted by molar-refractivity contribution is 1.15. The van der Waals surface area contributed by atoms with Crippen LogP contribution in [0.4, 0.5) is 0 Å². The Morgan fingerprint density at radius 3 is 2.71 bits per heavy atom. The van der Waals surface area contributed by atoms with Crippen molar-refractivity contribution in [3.63, 3.8) is 0 Å². The summed E-state index contributed by atoms with van der Waals surface area (Å²) in [6.07, 6.45) is 6.10. The monoisotopic (exact) mass is 221 g/mol. The second-order valence-corrected chi connectivity index (χ2v) is 3.51. The van der Waals surface area contributed by atoms with Crippen LogP contribution in [0.5, 0.6) is 0 Å². The molecule has 0 amide bonds. The number of hydrogen-bond donors (Lipinski definition) is 1. The summed E-state index contributed by atoms with van der Waals surface area (Å²) < 4.78 is 0. The summed E-state index contributed by atoms with van der Waals surface area (Å²) in [7, 11) is 0. The van der Waals surface area contributed by atoms with E-state index >= 15 is 0 Å². The smallest absolute Gasteiger partial charge is 0.159 e. The van der Waals surface area contributed by atoms with E-state index in [2.05, 4.69) is 26.1 Å². The molecule has 4 heteroatoms. The lowest BCUT2D eigenvalue weighted by Crippen LogP contribution is -1.92. The molecular formula is C13H9N4.